The zero-order valence-electron chi connectivity index (χ0n) is 17.5. The number of fused-ring (bicyclic) bond motifs is 1. The summed E-state index contributed by atoms with van der Waals surface area (Å²) in [4.78, 5) is 9.19. The minimum absolute atomic E-state index is 0.235. The van der Waals surface area contributed by atoms with Crippen LogP contribution in [0.3, 0.4) is 0 Å². The van der Waals surface area contributed by atoms with Crippen LogP contribution in [-0.2, 0) is 25.6 Å². The zero-order valence-corrected chi connectivity index (χ0v) is 18.3. The molecule has 0 saturated carbocycles. The van der Waals surface area contributed by atoms with E-state index in [4.69, 9.17) is 23.9 Å². The maximum absolute atomic E-state index is 12.5. The second-order valence-electron chi connectivity index (χ2n) is 6.58. The van der Waals surface area contributed by atoms with Crippen molar-refractivity contribution >= 4 is 22.4 Å². The topological polar surface area (TPSA) is 90.7 Å². The number of hydrogen-bond acceptors (Lipinski definition) is 7. The lowest BCUT2D eigenvalue weighted by molar-refractivity contribution is -0.0674. The fourth-order valence-electron chi connectivity index (χ4n) is 2.96. The molecular formula is C21H27N3O5S. The van der Waals surface area contributed by atoms with Gasteiger partial charge in [0.1, 0.15) is 35.5 Å². The van der Waals surface area contributed by atoms with Gasteiger partial charge in [0.2, 0.25) is 5.82 Å². The van der Waals surface area contributed by atoms with E-state index in [-0.39, 0.29) is 6.79 Å². The van der Waals surface area contributed by atoms with Crippen molar-refractivity contribution in [3.63, 3.8) is 0 Å². The molecule has 0 aliphatic rings. The Morgan fingerprint density at radius 1 is 1.07 bits per heavy atom. The third kappa shape index (κ3) is 5.50. The van der Waals surface area contributed by atoms with Gasteiger partial charge in [-0.05, 0) is 30.7 Å². The molecule has 0 bridgehead atoms. The number of methoxy groups -OCH3 is 1. The molecule has 1 aromatic carbocycles. The van der Waals surface area contributed by atoms with Crippen molar-refractivity contribution in [3.05, 3.63) is 42.1 Å². The van der Waals surface area contributed by atoms with E-state index < -0.39 is 11.4 Å². The maximum Gasteiger partial charge on any atom is 0.206 e. The van der Waals surface area contributed by atoms with Crippen molar-refractivity contribution < 1.29 is 23.5 Å². The minimum Gasteiger partial charge on any atom is -0.593 e. The summed E-state index contributed by atoms with van der Waals surface area (Å²) in [6.07, 6.45) is 4.04. The molecule has 1 atom stereocenters. The third-order valence-corrected chi connectivity index (χ3v) is 5.26. The SMILES string of the molecule is COCCOCOCCCOc1cccc2c1nc(-c1ncccc1C)n2[S+](C)[O-]. The van der Waals surface area contributed by atoms with Crippen molar-refractivity contribution in [2.75, 3.05) is 46.6 Å². The molecule has 0 aliphatic carbocycles. The second kappa shape index (κ2) is 11.3. The molecule has 0 saturated heterocycles. The molecule has 0 fully saturated rings. The van der Waals surface area contributed by atoms with E-state index in [1.165, 1.54) is 0 Å². The number of rotatable bonds is 12. The standard InChI is InChI=1S/C21H27N3O5S/c1-16-7-5-10-22-19(16)21-23-20-17(24(21)30(3)25)8-4-9-18(20)29-12-6-11-27-15-28-14-13-26-2/h4-5,7-10H,6,11-15H2,1-3H3. The van der Waals surface area contributed by atoms with Crippen LogP contribution in [0.2, 0.25) is 0 Å². The van der Waals surface area contributed by atoms with E-state index in [1.54, 1.807) is 23.5 Å². The highest BCUT2D eigenvalue weighted by atomic mass is 32.2. The Morgan fingerprint density at radius 2 is 1.90 bits per heavy atom. The molecule has 30 heavy (non-hydrogen) atoms. The number of aromatic nitrogens is 3. The monoisotopic (exact) mass is 433 g/mol. The summed E-state index contributed by atoms with van der Waals surface area (Å²) in [7, 11) is 1.63. The number of pyridine rings is 1. The Labute approximate surface area is 179 Å². The summed E-state index contributed by atoms with van der Waals surface area (Å²) in [6, 6.07) is 9.45. The van der Waals surface area contributed by atoms with Gasteiger partial charge in [-0.25, -0.2) is 4.98 Å². The molecule has 0 radical (unpaired) electrons. The van der Waals surface area contributed by atoms with Gasteiger partial charge >= 0.3 is 0 Å². The van der Waals surface area contributed by atoms with Crippen LogP contribution in [-0.4, -0.2) is 65.1 Å². The van der Waals surface area contributed by atoms with Gasteiger partial charge in [0, 0.05) is 19.7 Å². The summed E-state index contributed by atoms with van der Waals surface area (Å²) in [6.45, 7) is 4.24. The highest BCUT2D eigenvalue weighted by Crippen LogP contribution is 2.32. The molecule has 0 aliphatic heterocycles. The van der Waals surface area contributed by atoms with Gasteiger partial charge in [-0.3, -0.25) is 4.98 Å². The van der Waals surface area contributed by atoms with Gasteiger partial charge in [0.15, 0.2) is 0 Å². The van der Waals surface area contributed by atoms with E-state index in [2.05, 4.69) is 4.98 Å². The largest absolute Gasteiger partial charge is 0.593 e. The molecule has 9 heteroatoms. The first-order valence-electron chi connectivity index (χ1n) is 9.68. The third-order valence-electron chi connectivity index (χ3n) is 4.37. The number of benzene rings is 1. The molecule has 2 heterocycles. The molecule has 8 nitrogen and oxygen atoms in total. The van der Waals surface area contributed by atoms with Gasteiger partial charge in [-0.15, -0.1) is 3.97 Å². The normalized spacial score (nSPS) is 12.4. The first kappa shape index (κ1) is 22.5. The molecule has 0 spiro atoms. The van der Waals surface area contributed by atoms with Crippen LogP contribution in [0.25, 0.3) is 22.6 Å². The minimum atomic E-state index is -1.30. The maximum atomic E-state index is 12.5. The van der Waals surface area contributed by atoms with Gasteiger partial charge in [-0.1, -0.05) is 12.1 Å². The Hall–Kier alpha value is -2.17. The summed E-state index contributed by atoms with van der Waals surface area (Å²) in [5.74, 6) is 1.21. The Bertz CT molecular complexity index is 948. The van der Waals surface area contributed by atoms with Crippen LogP contribution in [0.1, 0.15) is 12.0 Å². The quantitative estimate of drug-likeness (QED) is 0.246. The highest BCUT2D eigenvalue weighted by Gasteiger charge is 2.23. The fourth-order valence-corrected chi connectivity index (χ4v) is 3.76. The average molecular weight is 434 g/mol. The molecule has 1 unspecified atom stereocenters. The van der Waals surface area contributed by atoms with Crippen molar-refractivity contribution in [3.8, 4) is 17.3 Å². The van der Waals surface area contributed by atoms with E-state index in [0.717, 1.165) is 11.1 Å². The summed E-state index contributed by atoms with van der Waals surface area (Å²) < 4.78 is 35.7. The number of ether oxygens (including phenoxy) is 4. The van der Waals surface area contributed by atoms with Crippen molar-refractivity contribution in [2.45, 2.75) is 13.3 Å². The second-order valence-corrected chi connectivity index (χ2v) is 7.79. The summed E-state index contributed by atoms with van der Waals surface area (Å²) in [5.41, 5.74) is 3.08. The zero-order chi connectivity index (χ0) is 21.3. The van der Waals surface area contributed by atoms with E-state index in [1.807, 2.05) is 37.3 Å². The number of nitrogens with zero attached hydrogens (tertiary/aromatic N) is 3. The average Bonchev–Trinajstić information content (AvgIpc) is 3.13. The Balaban J connectivity index is 1.70. The molecule has 3 aromatic rings. The van der Waals surface area contributed by atoms with Crippen LogP contribution in [0.15, 0.2) is 36.5 Å². The van der Waals surface area contributed by atoms with Crippen LogP contribution >= 0.6 is 0 Å². The van der Waals surface area contributed by atoms with Crippen molar-refractivity contribution in [2.24, 2.45) is 0 Å². The summed E-state index contributed by atoms with van der Waals surface area (Å²) >= 11 is -1.30. The van der Waals surface area contributed by atoms with Gasteiger partial charge in [0.25, 0.3) is 0 Å². The number of para-hydroxylation sites is 1. The lowest BCUT2D eigenvalue weighted by Gasteiger charge is -2.10. The van der Waals surface area contributed by atoms with Crippen molar-refractivity contribution in [1.29, 1.82) is 0 Å². The fraction of sp³-hybridized carbons (Fsp3) is 0.429. The van der Waals surface area contributed by atoms with Crippen LogP contribution in [0.4, 0.5) is 0 Å². The molecular weight excluding hydrogens is 406 g/mol. The van der Waals surface area contributed by atoms with E-state index >= 15 is 0 Å². The van der Waals surface area contributed by atoms with Crippen LogP contribution in [0, 0.1) is 6.92 Å². The van der Waals surface area contributed by atoms with Gasteiger partial charge < -0.3 is 23.5 Å². The predicted molar refractivity (Wildman–Crippen MR) is 116 cm³/mol. The first-order valence-corrected chi connectivity index (χ1v) is 11.2. The van der Waals surface area contributed by atoms with Gasteiger partial charge in [-0.2, -0.15) is 0 Å². The van der Waals surface area contributed by atoms with E-state index in [9.17, 15) is 4.55 Å². The summed E-state index contributed by atoms with van der Waals surface area (Å²) in [5, 5.41) is 0. The van der Waals surface area contributed by atoms with Gasteiger partial charge in [0.05, 0.1) is 37.8 Å². The number of aryl methyl sites for hydroxylation is 1. The van der Waals surface area contributed by atoms with Crippen LogP contribution in [0.5, 0.6) is 5.75 Å². The number of hydrogen-bond donors (Lipinski definition) is 0. The lowest BCUT2D eigenvalue weighted by Crippen LogP contribution is -2.12. The van der Waals surface area contributed by atoms with Crippen molar-refractivity contribution in [1.82, 2.24) is 13.9 Å². The highest BCUT2D eigenvalue weighted by molar-refractivity contribution is 7.89. The Morgan fingerprint density at radius 3 is 2.67 bits per heavy atom. The smallest absolute Gasteiger partial charge is 0.206 e. The molecule has 3 rings (SSSR count). The van der Waals surface area contributed by atoms with Crippen LogP contribution < -0.4 is 4.74 Å². The van der Waals surface area contributed by atoms with E-state index in [0.29, 0.717) is 55.6 Å². The number of imidazole rings is 1. The molecule has 0 amide bonds. The molecule has 162 valence electrons. The predicted octanol–water partition coefficient (Wildman–Crippen LogP) is 2.95. The molecule has 0 N–H and O–H groups in total. The first-order chi connectivity index (χ1) is 14.6. The Kier molecular flexibility index (Phi) is 8.47. The lowest BCUT2D eigenvalue weighted by atomic mass is 10.2. The molecule has 2 aromatic heterocycles.